The molecule has 1 N–H and O–H groups in total. The number of nitrogens with one attached hydrogen (secondary N) is 1. The van der Waals surface area contributed by atoms with Crippen molar-refractivity contribution in [3.8, 4) is 11.1 Å². The highest BCUT2D eigenvalue weighted by atomic mass is 79.9. The summed E-state index contributed by atoms with van der Waals surface area (Å²) in [5.74, 6) is 0.743. The summed E-state index contributed by atoms with van der Waals surface area (Å²) in [5, 5.41) is 11.6. The molecule has 0 saturated carbocycles. The Hall–Kier alpha value is -1.92. The number of hydrogen-bond acceptors (Lipinski definition) is 3. The molecule has 6 heteroatoms. The van der Waals surface area contributed by atoms with Crippen molar-refractivity contribution < 1.29 is 4.79 Å². The van der Waals surface area contributed by atoms with Crippen LogP contribution in [0.2, 0.25) is 0 Å². The van der Waals surface area contributed by atoms with Crippen molar-refractivity contribution >= 4 is 39.0 Å². The fraction of sp³-hybridized carbons (Fsp3) is 0.222. The average Bonchev–Trinajstić information content (AvgIpc) is 3.15. The number of thiophene rings is 1. The third-order valence-corrected chi connectivity index (χ3v) is 5.09. The Morgan fingerprint density at radius 2 is 2.04 bits per heavy atom. The van der Waals surface area contributed by atoms with E-state index in [0.717, 1.165) is 33.5 Å². The van der Waals surface area contributed by atoms with Gasteiger partial charge in [0.2, 0.25) is 5.91 Å². The second-order valence-corrected chi connectivity index (χ2v) is 7.32. The molecule has 1 aromatic carbocycles. The van der Waals surface area contributed by atoms with E-state index < -0.39 is 0 Å². The minimum atomic E-state index is 0.00237. The third kappa shape index (κ3) is 3.76. The molecule has 0 bridgehead atoms. The van der Waals surface area contributed by atoms with Crippen LogP contribution in [0.1, 0.15) is 17.7 Å². The maximum Gasteiger partial charge on any atom is 0.225 e. The number of carbonyl (C=O) groups excluding carboxylic acids is 1. The summed E-state index contributed by atoms with van der Waals surface area (Å²) >= 11 is 5.10. The second-order valence-electron chi connectivity index (χ2n) is 5.62. The molecular formula is C18H18BrN3OS. The summed E-state index contributed by atoms with van der Waals surface area (Å²) < 4.78 is 2.75. The normalized spacial score (nSPS) is 10.8. The van der Waals surface area contributed by atoms with Crippen LogP contribution in [0, 0.1) is 6.92 Å². The molecule has 0 aliphatic rings. The third-order valence-electron chi connectivity index (χ3n) is 3.83. The smallest absolute Gasteiger partial charge is 0.225 e. The number of halogens is 1. The molecule has 4 nitrogen and oxygen atoms in total. The van der Waals surface area contributed by atoms with Gasteiger partial charge in [0, 0.05) is 23.5 Å². The lowest BCUT2D eigenvalue weighted by Gasteiger charge is -2.09. The fourth-order valence-corrected chi connectivity index (χ4v) is 3.62. The fourth-order valence-electron chi connectivity index (χ4n) is 2.65. The van der Waals surface area contributed by atoms with Gasteiger partial charge in [0.25, 0.3) is 0 Å². The van der Waals surface area contributed by atoms with Gasteiger partial charge < -0.3 is 5.32 Å². The molecule has 3 rings (SSSR count). The monoisotopic (exact) mass is 403 g/mol. The van der Waals surface area contributed by atoms with Gasteiger partial charge in [-0.15, -0.1) is 0 Å². The number of hydrogen-bond donors (Lipinski definition) is 1. The molecule has 24 heavy (non-hydrogen) atoms. The highest BCUT2D eigenvalue weighted by Gasteiger charge is 2.17. The summed E-state index contributed by atoms with van der Waals surface area (Å²) in [6.07, 6.45) is 1.21. The molecule has 124 valence electrons. The van der Waals surface area contributed by atoms with Crippen molar-refractivity contribution in [3.05, 3.63) is 56.8 Å². The molecule has 2 aromatic heterocycles. The van der Waals surface area contributed by atoms with Crippen LogP contribution in [0.15, 0.2) is 45.6 Å². The SMILES string of the molecule is Cc1nn(C)c(NC(=O)CCc2ccsc2)c1-c1ccc(Br)cc1. The van der Waals surface area contributed by atoms with Gasteiger partial charge >= 0.3 is 0 Å². The summed E-state index contributed by atoms with van der Waals surface area (Å²) in [4.78, 5) is 12.4. The number of amides is 1. The Morgan fingerprint density at radius 1 is 1.29 bits per heavy atom. The lowest BCUT2D eigenvalue weighted by atomic mass is 10.1. The van der Waals surface area contributed by atoms with E-state index in [1.807, 2.05) is 43.6 Å². The van der Waals surface area contributed by atoms with Gasteiger partial charge in [0.15, 0.2) is 0 Å². The van der Waals surface area contributed by atoms with Crippen molar-refractivity contribution in [1.29, 1.82) is 0 Å². The van der Waals surface area contributed by atoms with E-state index in [2.05, 4.69) is 37.8 Å². The van der Waals surface area contributed by atoms with Gasteiger partial charge in [-0.2, -0.15) is 16.4 Å². The van der Waals surface area contributed by atoms with Gasteiger partial charge in [-0.1, -0.05) is 28.1 Å². The van der Waals surface area contributed by atoms with E-state index in [4.69, 9.17) is 0 Å². The largest absolute Gasteiger partial charge is 0.310 e. The predicted molar refractivity (Wildman–Crippen MR) is 102 cm³/mol. The van der Waals surface area contributed by atoms with E-state index in [1.165, 1.54) is 5.56 Å². The van der Waals surface area contributed by atoms with Crippen LogP contribution < -0.4 is 5.32 Å². The molecule has 3 aromatic rings. The topological polar surface area (TPSA) is 46.9 Å². The number of carbonyl (C=O) groups is 1. The Balaban J connectivity index is 1.80. The molecular weight excluding hydrogens is 386 g/mol. The maximum atomic E-state index is 12.4. The first-order valence-electron chi connectivity index (χ1n) is 7.65. The molecule has 0 aliphatic heterocycles. The van der Waals surface area contributed by atoms with Crippen molar-refractivity contribution in [3.63, 3.8) is 0 Å². The number of benzene rings is 1. The second kappa shape index (κ2) is 7.32. The van der Waals surface area contributed by atoms with E-state index in [1.54, 1.807) is 16.0 Å². The maximum absolute atomic E-state index is 12.4. The zero-order valence-electron chi connectivity index (χ0n) is 13.5. The number of anilines is 1. The highest BCUT2D eigenvalue weighted by molar-refractivity contribution is 9.10. The number of nitrogens with zero attached hydrogens (tertiary/aromatic N) is 2. The Labute approximate surface area is 153 Å². The van der Waals surface area contributed by atoms with Crippen LogP contribution >= 0.6 is 27.3 Å². The number of aromatic nitrogens is 2. The minimum Gasteiger partial charge on any atom is -0.310 e. The lowest BCUT2D eigenvalue weighted by molar-refractivity contribution is -0.116. The first-order chi connectivity index (χ1) is 11.5. The molecule has 0 unspecified atom stereocenters. The molecule has 0 atom stereocenters. The standard InChI is InChI=1S/C18H18BrN3OS/c1-12-17(14-4-6-15(19)7-5-14)18(22(2)21-12)20-16(23)8-3-13-9-10-24-11-13/h4-7,9-11H,3,8H2,1-2H3,(H,20,23). The van der Waals surface area contributed by atoms with Gasteiger partial charge in [-0.3, -0.25) is 9.48 Å². The molecule has 0 fully saturated rings. The average molecular weight is 404 g/mol. The first kappa shape index (κ1) is 16.9. The van der Waals surface area contributed by atoms with Gasteiger partial charge in [-0.05, 0) is 53.4 Å². The minimum absolute atomic E-state index is 0.00237. The molecule has 0 saturated heterocycles. The molecule has 0 spiro atoms. The summed E-state index contributed by atoms with van der Waals surface area (Å²) in [6, 6.07) is 10.1. The predicted octanol–water partition coefficient (Wildman–Crippen LogP) is 4.79. The van der Waals surface area contributed by atoms with Gasteiger partial charge in [-0.25, -0.2) is 0 Å². The Bertz CT molecular complexity index is 838. The van der Waals surface area contributed by atoms with Crippen LogP contribution in [0.4, 0.5) is 5.82 Å². The molecule has 2 heterocycles. The van der Waals surface area contributed by atoms with Crippen LogP contribution in [0.3, 0.4) is 0 Å². The quantitative estimate of drug-likeness (QED) is 0.665. The molecule has 0 aliphatic carbocycles. The van der Waals surface area contributed by atoms with Gasteiger partial charge in [0.1, 0.15) is 5.82 Å². The highest BCUT2D eigenvalue weighted by Crippen LogP contribution is 2.32. The van der Waals surface area contributed by atoms with Crippen LogP contribution in [0.5, 0.6) is 0 Å². The number of aryl methyl sites for hydroxylation is 3. The summed E-state index contributed by atoms with van der Waals surface area (Å²) in [5.41, 5.74) is 4.10. The van der Waals surface area contributed by atoms with Crippen molar-refractivity contribution in [2.24, 2.45) is 7.05 Å². The van der Waals surface area contributed by atoms with E-state index >= 15 is 0 Å². The summed E-state index contributed by atoms with van der Waals surface area (Å²) in [6.45, 7) is 1.96. The van der Waals surface area contributed by atoms with Crippen molar-refractivity contribution in [2.75, 3.05) is 5.32 Å². The Kier molecular flexibility index (Phi) is 5.16. The summed E-state index contributed by atoms with van der Waals surface area (Å²) in [7, 11) is 1.85. The molecule has 0 radical (unpaired) electrons. The zero-order valence-corrected chi connectivity index (χ0v) is 15.9. The van der Waals surface area contributed by atoms with Crippen molar-refractivity contribution in [1.82, 2.24) is 9.78 Å². The van der Waals surface area contributed by atoms with E-state index in [0.29, 0.717) is 6.42 Å². The van der Waals surface area contributed by atoms with Gasteiger partial charge in [0.05, 0.1) is 5.69 Å². The van der Waals surface area contributed by atoms with E-state index in [-0.39, 0.29) is 5.91 Å². The lowest BCUT2D eigenvalue weighted by Crippen LogP contribution is -2.15. The van der Waals surface area contributed by atoms with E-state index in [9.17, 15) is 4.79 Å². The molecule has 1 amide bonds. The first-order valence-corrected chi connectivity index (χ1v) is 9.38. The van der Waals surface area contributed by atoms with Crippen molar-refractivity contribution in [2.45, 2.75) is 19.8 Å². The number of rotatable bonds is 5. The van der Waals surface area contributed by atoms with Crippen LogP contribution in [-0.4, -0.2) is 15.7 Å². The van der Waals surface area contributed by atoms with Crippen LogP contribution in [-0.2, 0) is 18.3 Å². The zero-order chi connectivity index (χ0) is 17.1. The Morgan fingerprint density at radius 3 is 2.71 bits per heavy atom. The van der Waals surface area contributed by atoms with Crippen LogP contribution in [0.25, 0.3) is 11.1 Å².